The Kier molecular flexibility index (Phi) is 5.53. The number of aliphatic hydroxyl groups excluding tert-OH is 1. The second kappa shape index (κ2) is 7.05. The van der Waals surface area contributed by atoms with Gasteiger partial charge in [-0.3, -0.25) is 0 Å². The Labute approximate surface area is 141 Å². The summed E-state index contributed by atoms with van der Waals surface area (Å²) in [5, 5.41) is 9.76. The van der Waals surface area contributed by atoms with Crippen molar-refractivity contribution in [1.82, 2.24) is 4.90 Å². The number of nitrogens with zero attached hydrogens (tertiary/aromatic N) is 1. The molecule has 2 rings (SSSR count). The average molecular weight is 344 g/mol. The number of benzene rings is 1. The van der Waals surface area contributed by atoms with Crippen molar-refractivity contribution < 1.29 is 19.0 Å². The quantitative estimate of drug-likeness (QED) is 0.888. The highest BCUT2D eigenvalue weighted by atomic mass is 35.5. The first-order valence-corrected chi connectivity index (χ1v) is 8.13. The van der Waals surface area contributed by atoms with Crippen LogP contribution in [0.25, 0.3) is 0 Å². The molecule has 0 radical (unpaired) electrons. The van der Waals surface area contributed by atoms with E-state index in [-0.39, 0.29) is 29.6 Å². The van der Waals surface area contributed by atoms with Crippen molar-refractivity contribution in [1.29, 1.82) is 0 Å². The number of aliphatic hydroxyl groups is 1. The number of likely N-dealkylation sites (tertiary alicyclic amines) is 1. The van der Waals surface area contributed by atoms with Crippen molar-refractivity contribution in [3.8, 4) is 0 Å². The van der Waals surface area contributed by atoms with E-state index in [4.69, 9.17) is 16.3 Å². The zero-order valence-corrected chi connectivity index (χ0v) is 14.4. The average Bonchev–Trinajstić information content (AvgIpc) is 2.47. The number of amides is 1. The summed E-state index contributed by atoms with van der Waals surface area (Å²) in [7, 11) is 0. The van der Waals surface area contributed by atoms with Gasteiger partial charge in [0, 0.05) is 25.6 Å². The van der Waals surface area contributed by atoms with Crippen LogP contribution in [0, 0.1) is 11.7 Å². The SMILES string of the molecule is CC(C)(C)OC(=O)N1CCC(c2ccc(Cl)c(F)c2)C(CO)C1. The minimum absolute atomic E-state index is 0.00884. The van der Waals surface area contributed by atoms with E-state index < -0.39 is 11.4 Å². The molecule has 4 nitrogen and oxygen atoms in total. The number of hydrogen-bond acceptors (Lipinski definition) is 3. The summed E-state index contributed by atoms with van der Waals surface area (Å²) in [6.45, 7) is 6.28. The molecule has 0 aromatic heterocycles. The molecule has 2 unspecified atom stereocenters. The highest BCUT2D eigenvalue weighted by molar-refractivity contribution is 6.30. The van der Waals surface area contributed by atoms with E-state index in [1.54, 1.807) is 11.0 Å². The first-order valence-electron chi connectivity index (χ1n) is 7.75. The first-order chi connectivity index (χ1) is 10.7. The molecule has 1 saturated heterocycles. The number of carbonyl (C=O) groups excluding carboxylic acids is 1. The maximum absolute atomic E-state index is 13.7. The number of rotatable bonds is 2. The molecule has 1 aliphatic heterocycles. The Balaban J connectivity index is 2.09. The Bertz CT molecular complexity index is 573. The minimum atomic E-state index is -0.554. The lowest BCUT2D eigenvalue weighted by atomic mass is 9.81. The van der Waals surface area contributed by atoms with Crippen LogP contribution in [0.2, 0.25) is 5.02 Å². The van der Waals surface area contributed by atoms with Gasteiger partial charge in [-0.15, -0.1) is 0 Å². The van der Waals surface area contributed by atoms with Crippen molar-refractivity contribution in [2.24, 2.45) is 5.92 Å². The molecule has 1 amide bonds. The normalized spacial score (nSPS) is 22.1. The smallest absolute Gasteiger partial charge is 0.410 e. The molecule has 128 valence electrons. The third-order valence-corrected chi connectivity index (χ3v) is 4.30. The van der Waals surface area contributed by atoms with Crippen LogP contribution < -0.4 is 0 Å². The summed E-state index contributed by atoms with van der Waals surface area (Å²) in [5.74, 6) is -0.627. The van der Waals surface area contributed by atoms with Gasteiger partial charge in [-0.2, -0.15) is 0 Å². The van der Waals surface area contributed by atoms with Crippen molar-refractivity contribution in [3.05, 3.63) is 34.6 Å². The predicted octanol–water partition coefficient (Wildman–Crippen LogP) is 3.81. The standard InChI is InChI=1S/C17H23ClFNO3/c1-17(2,3)23-16(22)20-7-6-13(12(9-20)10-21)11-4-5-14(18)15(19)8-11/h4-5,8,12-13,21H,6-7,9-10H2,1-3H3. The van der Waals surface area contributed by atoms with Gasteiger partial charge in [-0.1, -0.05) is 17.7 Å². The van der Waals surface area contributed by atoms with Crippen molar-refractivity contribution >= 4 is 17.7 Å². The van der Waals surface area contributed by atoms with Gasteiger partial charge in [0.25, 0.3) is 0 Å². The van der Waals surface area contributed by atoms with Crippen LogP contribution in [0.4, 0.5) is 9.18 Å². The Hall–Kier alpha value is -1.33. The highest BCUT2D eigenvalue weighted by Crippen LogP contribution is 2.34. The second-order valence-corrected chi connectivity index (χ2v) is 7.34. The van der Waals surface area contributed by atoms with Gasteiger partial charge < -0.3 is 14.7 Å². The van der Waals surface area contributed by atoms with Gasteiger partial charge >= 0.3 is 6.09 Å². The van der Waals surface area contributed by atoms with Gasteiger partial charge in [0.1, 0.15) is 11.4 Å². The molecule has 0 saturated carbocycles. The largest absolute Gasteiger partial charge is 0.444 e. The van der Waals surface area contributed by atoms with Crippen LogP contribution in [0.5, 0.6) is 0 Å². The summed E-state index contributed by atoms with van der Waals surface area (Å²) >= 11 is 5.72. The molecule has 0 spiro atoms. The fraction of sp³-hybridized carbons (Fsp3) is 0.588. The fourth-order valence-electron chi connectivity index (χ4n) is 2.89. The molecular weight excluding hydrogens is 321 g/mol. The molecule has 0 aliphatic carbocycles. The van der Waals surface area contributed by atoms with Crippen LogP contribution in [-0.4, -0.2) is 41.4 Å². The number of ether oxygens (including phenoxy) is 1. The van der Waals surface area contributed by atoms with Crippen molar-refractivity contribution in [3.63, 3.8) is 0 Å². The number of piperidine rings is 1. The number of halogens is 2. The van der Waals surface area contributed by atoms with E-state index >= 15 is 0 Å². The van der Waals surface area contributed by atoms with E-state index in [1.165, 1.54) is 12.1 Å². The summed E-state index contributed by atoms with van der Waals surface area (Å²) in [6.07, 6.45) is 0.266. The maximum atomic E-state index is 13.7. The van der Waals surface area contributed by atoms with E-state index in [9.17, 15) is 14.3 Å². The van der Waals surface area contributed by atoms with Gasteiger partial charge in [-0.25, -0.2) is 9.18 Å². The molecule has 1 fully saturated rings. The van der Waals surface area contributed by atoms with Crippen molar-refractivity contribution in [2.75, 3.05) is 19.7 Å². The molecule has 0 bridgehead atoms. The topological polar surface area (TPSA) is 49.8 Å². The second-order valence-electron chi connectivity index (χ2n) is 6.94. The molecule has 1 N–H and O–H groups in total. The Morgan fingerprint density at radius 2 is 2.17 bits per heavy atom. The molecule has 1 aliphatic rings. The summed E-state index contributed by atoms with van der Waals surface area (Å²) < 4.78 is 19.1. The summed E-state index contributed by atoms with van der Waals surface area (Å²) in [6, 6.07) is 4.72. The zero-order valence-electron chi connectivity index (χ0n) is 13.7. The monoisotopic (exact) mass is 343 g/mol. The fourth-order valence-corrected chi connectivity index (χ4v) is 3.01. The third-order valence-electron chi connectivity index (χ3n) is 3.99. The molecule has 1 heterocycles. The summed E-state index contributed by atoms with van der Waals surface area (Å²) in [5.41, 5.74) is 0.247. The van der Waals surface area contributed by atoms with Gasteiger partial charge in [0.15, 0.2) is 0 Å². The molecular formula is C17H23ClFNO3. The number of carbonyl (C=O) groups is 1. The summed E-state index contributed by atoms with van der Waals surface area (Å²) in [4.78, 5) is 13.8. The lowest BCUT2D eigenvalue weighted by Crippen LogP contribution is -2.46. The minimum Gasteiger partial charge on any atom is -0.444 e. The maximum Gasteiger partial charge on any atom is 0.410 e. The van der Waals surface area contributed by atoms with Gasteiger partial charge in [0.2, 0.25) is 0 Å². The molecule has 1 aromatic rings. The van der Waals surface area contributed by atoms with Gasteiger partial charge in [0.05, 0.1) is 5.02 Å². The molecule has 2 atom stereocenters. The Morgan fingerprint density at radius 1 is 1.48 bits per heavy atom. The van der Waals surface area contributed by atoms with E-state index in [0.29, 0.717) is 19.5 Å². The predicted molar refractivity (Wildman–Crippen MR) is 87.2 cm³/mol. The van der Waals surface area contributed by atoms with E-state index in [0.717, 1.165) is 5.56 Å². The van der Waals surface area contributed by atoms with E-state index in [1.807, 2.05) is 20.8 Å². The third kappa shape index (κ3) is 4.58. The molecule has 6 heteroatoms. The van der Waals surface area contributed by atoms with E-state index in [2.05, 4.69) is 0 Å². The Morgan fingerprint density at radius 3 is 2.74 bits per heavy atom. The van der Waals surface area contributed by atoms with Crippen LogP contribution >= 0.6 is 11.6 Å². The molecule has 1 aromatic carbocycles. The van der Waals surface area contributed by atoms with Crippen LogP contribution in [0.15, 0.2) is 18.2 Å². The lowest BCUT2D eigenvalue weighted by molar-refractivity contribution is 0.0101. The van der Waals surface area contributed by atoms with Crippen LogP contribution in [0.1, 0.15) is 38.7 Å². The van der Waals surface area contributed by atoms with Crippen LogP contribution in [0.3, 0.4) is 0 Å². The van der Waals surface area contributed by atoms with Gasteiger partial charge in [-0.05, 0) is 50.8 Å². The number of hydrogen-bond donors (Lipinski definition) is 1. The van der Waals surface area contributed by atoms with Crippen molar-refractivity contribution in [2.45, 2.75) is 38.7 Å². The molecule has 23 heavy (non-hydrogen) atoms. The zero-order chi connectivity index (χ0) is 17.2. The van der Waals surface area contributed by atoms with Crippen LogP contribution in [-0.2, 0) is 4.74 Å². The first kappa shape index (κ1) is 18.0. The lowest BCUT2D eigenvalue weighted by Gasteiger charge is -2.38. The highest BCUT2D eigenvalue weighted by Gasteiger charge is 2.34.